The molecule has 0 fully saturated rings. The molecule has 2 unspecified atom stereocenters. The molecule has 0 aliphatic heterocycles. The van der Waals surface area contributed by atoms with Crippen LogP contribution in [0.2, 0.25) is 5.02 Å². The van der Waals surface area contributed by atoms with E-state index in [-0.39, 0.29) is 29.8 Å². The second-order valence-electron chi connectivity index (χ2n) is 11.7. The quantitative estimate of drug-likeness (QED) is 0.167. The van der Waals surface area contributed by atoms with Crippen LogP contribution in [-0.2, 0) is 32.6 Å². The molecule has 4 rings (SSSR count). The number of carbonyl (C=O) groups is 2. The number of halogens is 1. The van der Waals surface area contributed by atoms with Gasteiger partial charge in [0.05, 0.1) is 10.6 Å². The first kappa shape index (κ1) is 34.7. The molecule has 4 aromatic rings. The molecule has 46 heavy (non-hydrogen) atoms. The predicted molar refractivity (Wildman–Crippen MR) is 185 cm³/mol. The highest BCUT2D eigenvalue weighted by molar-refractivity contribution is 7.92. The topological polar surface area (TPSA) is 86.8 Å². The van der Waals surface area contributed by atoms with E-state index in [2.05, 4.69) is 5.32 Å². The van der Waals surface area contributed by atoms with Gasteiger partial charge in [0.2, 0.25) is 11.8 Å². The first-order valence-corrected chi connectivity index (χ1v) is 17.3. The van der Waals surface area contributed by atoms with Gasteiger partial charge < -0.3 is 10.2 Å². The van der Waals surface area contributed by atoms with Crippen LogP contribution < -0.4 is 9.62 Å². The molecule has 0 aliphatic carbocycles. The lowest BCUT2D eigenvalue weighted by Gasteiger charge is -2.35. The van der Waals surface area contributed by atoms with Crippen molar-refractivity contribution in [3.63, 3.8) is 0 Å². The summed E-state index contributed by atoms with van der Waals surface area (Å²) in [6, 6.07) is 27.7. The van der Waals surface area contributed by atoms with Gasteiger partial charge in [-0.15, -0.1) is 0 Å². The van der Waals surface area contributed by atoms with Gasteiger partial charge >= 0.3 is 0 Å². The number of rotatable bonds is 13. The first-order chi connectivity index (χ1) is 21.9. The fourth-order valence-corrected chi connectivity index (χ4v) is 6.82. The van der Waals surface area contributed by atoms with Crippen LogP contribution in [0.1, 0.15) is 48.1 Å². The summed E-state index contributed by atoms with van der Waals surface area (Å²) in [6.07, 6.45) is 0.966. The summed E-state index contributed by atoms with van der Waals surface area (Å²) in [5.74, 6) is -0.814. The molecule has 1 N–H and O–H groups in total. The lowest BCUT2D eigenvalue weighted by molar-refractivity contribution is -0.140. The van der Waals surface area contributed by atoms with Crippen molar-refractivity contribution in [3.8, 4) is 0 Å². The number of nitrogens with one attached hydrogen (secondary N) is 1. The van der Waals surface area contributed by atoms with Gasteiger partial charge in [0, 0.05) is 24.0 Å². The average Bonchev–Trinajstić information content (AvgIpc) is 3.04. The number of hydrogen-bond acceptors (Lipinski definition) is 4. The summed E-state index contributed by atoms with van der Waals surface area (Å²) in [7, 11) is -4.22. The van der Waals surface area contributed by atoms with E-state index in [0.29, 0.717) is 22.7 Å². The van der Waals surface area contributed by atoms with Gasteiger partial charge in [0.15, 0.2) is 0 Å². The number of amides is 2. The van der Waals surface area contributed by atoms with Crippen molar-refractivity contribution < 1.29 is 18.0 Å². The fraction of sp³-hybridized carbons (Fsp3) is 0.297. The lowest BCUT2D eigenvalue weighted by atomic mass is 10.0. The average molecular weight is 660 g/mol. The number of carbonyl (C=O) groups excluding carboxylic acids is 2. The smallest absolute Gasteiger partial charge is 0.264 e. The van der Waals surface area contributed by atoms with Gasteiger partial charge in [-0.1, -0.05) is 96.9 Å². The molecule has 7 nitrogen and oxygen atoms in total. The number of nitrogens with zero attached hydrogens (tertiary/aromatic N) is 2. The third-order valence-corrected chi connectivity index (χ3v) is 10.5. The number of aryl methyl sites for hydroxylation is 2. The zero-order chi connectivity index (χ0) is 33.4. The summed E-state index contributed by atoms with van der Waals surface area (Å²) in [5.41, 5.74) is 4.41. The Morgan fingerprint density at radius 3 is 2.15 bits per heavy atom. The van der Waals surface area contributed by atoms with Crippen molar-refractivity contribution in [1.29, 1.82) is 0 Å². The van der Waals surface area contributed by atoms with Crippen molar-refractivity contribution >= 4 is 39.1 Å². The van der Waals surface area contributed by atoms with Gasteiger partial charge in [-0.3, -0.25) is 13.9 Å². The maximum atomic E-state index is 14.7. The van der Waals surface area contributed by atoms with E-state index in [1.54, 1.807) is 37.3 Å². The maximum Gasteiger partial charge on any atom is 0.264 e. The molecular formula is C37H42ClN3O4S. The SMILES string of the molecule is CCC(C)NC(=O)C(Cc1ccccc1)N(Cc1ccccc1C)C(=O)CN(c1cccc(Cl)c1C)S(=O)(=O)c1ccc(C)cc1. The molecule has 2 amide bonds. The van der Waals surface area contributed by atoms with Crippen LogP contribution in [0.25, 0.3) is 0 Å². The molecule has 0 saturated heterocycles. The van der Waals surface area contributed by atoms with Gasteiger partial charge in [-0.2, -0.15) is 0 Å². The second kappa shape index (κ2) is 15.4. The summed E-state index contributed by atoms with van der Waals surface area (Å²) in [4.78, 5) is 30.2. The molecule has 0 aromatic heterocycles. The Balaban J connectivity index is 1.85. The Morgan fingerprint density at radius 1 is 0.848 bits per heavy atom. The Labute approximate surface area is 278 Å². The molecule has 0 bridgehead atoms. The summed E-state index contributed by atoms with van der Waals surface area (Å²) >= 11 is 6.47. The predicted octanol–water partition coefficient (Wildman–Crippen LogP) is 7.02. The minimum atomic E-state index is -4.22. The normalized spacial score (nSPS) is 12.7. The molecule has 0 saturated carbocycles. The standard InChI is InChI=1S/C37H42ClN3O4S/c1-6-28(4)39-37(43)35(23-30-14-8-7-9-15-30)40(24-31-16-11-10-13-27(31)3)36(42)25-41(34-18-12-17-33(38)29(34)5)46(44,45)32-21-19-26(2)20-22-32/h7-22,28,35H,6,23-25H2,1-5H3,(H,39,43). The molecule has 0 heterocycles. The molecular weight excluding hydrogens is 618 g/mol. The molecule has 4 aromatic carbocycles. The molecule has 9 heteroatoms. The minimum absolute atomic E-state index is 0.0473. The van der Waals surface area contributed by atoms with Crippen molar-refractivity contribution in [3.05, 3.63) is 130 Å². The van der Waals surface area contributed by atoms with Crippen molar-refractivity contribution in [2.24, 2.45) is 0 Å². The number of hydrogen-bond donors (Lipinski definition) is 1. The van der Waals surface area contributed by atoms with Crippen LogP contribution >= 0.6 is 11.6 Å². The summed E-state index contributed by atoms with van der Waals surface area (Å²) in [6.45, 7) is 9.03. The third-order valence-electron chi connectivity index (χ3n) is 8.27. The number of anilines is 1. The monoisotopic (exact) mass is 659 g/mol. The van der Waals surface area contributed by atoms with E-state index in [4.69, 9.17) is 11.6 Å². The number of sulfonamides is 1. The Bertz CT molecular complexity index is 1760. The van der Waals surface area contributed by atoms with Gasteiger partial charge in [-0.25, -0.2) is 8.42 Å². The second-order valence-corrected chi connectivity index (χ2v) is 13.9. The highest BCUT2D eigenvalue weighted by Crippen LogP contribution is 2.31. The molecule has 2 atom stereocenters. The highest BCUT2D eigenvalue weighted by Gasteiger charge is 2.35. The van der Waals surface area contributed by atoms with Crippen molar-refractivity contribution in [2.45, 2.75) is 71.0 Å². The number of benzene rings is 4. The van der Waals surface area contributed by atoms with Crippen molar-refractivity contribution in [2.75, 3.05) is 10.8 Å². The summed E-state index contributed by atoms with van der Waals surface area (Å²) in [5, 5.41) is 3.44. The maximum absolute atomic E-state index is 14.7. The van der Waals surface area contributed by atoms with Crippen LogP contribution in [0.5, 0.6) is 0 Å². The largest absolute Gasteiger partial charge is 0.352 e. The summed E-state index contributed by atoms with van der Waals surface area (Å²) < 4.78 is 29.7. The van der Waals surface area contributed by atoms with Gasteiger partial charge in [0.25, 0.3) is 10.0 Å². The fourth-order valence-electron chi connectivity index (χ4n) is 5.18. The van der Waals surface area contributed by atoms with Crippen molar-refractivity contribution in [1.82, 2.24) is 10.2 Å². The van der Waals surface area contributed by atoms with E-state index in [1.165, 1.54) is 17.0 Å². The van der Waals surface area contributed by atoms with E-state index in [9.17, 15) is 18.0 Å². The van der Waals surface area contributed by atoms with Gasteiger partial charge in [-0.05, 0) is 80.6 Å². The Morgan fingerprint density at radius 2 is 1.50 bits per heavy atom. The van der Waals surface area contributed by atoms with Crippen LogP contribution in [0.4, 0.5) is 5.69 Å². The minimum Gasteiger partial charge on any atom is -0.352 e. The molecule has 0 aliphatic rings. The molecule has 0 radical (unpaired) electrons. The molecule has 242 valence electrons. The van der Waals surface area contributed by atoms with E-state index in [1.807, 2.05) is 82.3 Å². The zero-order valence-electron chi connectivity index (χ0n) is 27.0. The first-order valence-electron chi connectivity index (χ1n) is 15.4. The van der Waals surface area contributed by atoms with E-state index in [0.717, 1.165) is 26.6 Å². The highest BCUT2D eigenvalue weighted by atomic mass is 35.5. The van der Waals surface area contributed by atoms with Crippen LogP contribution in [0.15, 0.2) is 102 Å². The Hall–Kier alpha value is -4.14. The molecule has 0 spiro atoms. The van der Waals surface area contributed by atoms with Crippen LogP contribution in [-0.4, -0.2) is 43.8 Å². The zero-order valence-corrected chi connectivity index (χ0v) is 28.6. The van der Waals surface area contributed by atoms with Crippen LogP contribution in [0, 0.1) is 20.8 Å². The van der Waals surface area contributed by atoms with Gasteiger partial charge in [0.1, 0.15) is 12.6 Å². The third kappa shape index (κ3) is 8.36. The van der Waals surface area contributed by atoms with Crippen LogP contribution in [0.3, 0.4) is 0 Å². The van der Waals surface area contributed by atoms with E-state index < -0.39 is 28.5 Å². The Kier molecular flexibility index (Phi) is 11.7. The lowest BCUT2D eigenvalue weighted by Crippen LogP contribution is -2.54. The van der Waals surface area contributed by atoms with E-state index >= 15 is 0 Å².